The monoisotopic (exact) mass is 312 g/mol. The Kier molecular flexibility index (Phi) is 4.74. The Morgan fingerprint density at radius 2 is 2.27 bits per heavy atom. The van der Waals surface area contributed by atoms with Gasteiger partial charge in [-0.2, -0.15) is 0 Å². The number of hydrogen-bond acceptors (Lipinski definition) is 3. The Morgan fingerprint density at radius 1 is 1.41 bits per heavy atom. The Labute approximate surface area is 135 Å². The molecule has 1 unspecified atom stereocenters. The molecule has 0 spiro atoms. The summed E-state index contributed by atoms with van der Waals surface area (Å²) in [4.78, 5) is 19.2. The minimum atomic E-state index is 0.164. The minimum Gasteiger partial charge on any atom is -0.333 e. The van der Waals surface area contributed by atoms with Gasteiger partial charge in [-0.15, -0.1) is 23.7 Å². The average Bonchev–Trinajstić information content (AvgIpc) is 3.16. The first-order valence-corrected chi connectivity index (χ1v) is 8.69. The number of thiazole rings is 1. The van der Waals surface area contributed by atoms with Crippen molar-refractivity contribution in [3.63, 3.8) is 0 Å². The quantitative estimate of drug-likeness (QED) is 0.614. The highest BCUT2D eigenvalue weighted by molar-refractivity contribution is 7.18. The number of benzene rings is 1. The number of terminal acetylenes is 1. The summed E-state index contributed by atoms with van der Waals surface area (Å²) in [5.41, 5.74) is 1.04. The summed E-state index contributed by atoms with van der Waals surface area (Å²) in [5, 5.41) is 1.08. The van der Waals surface area contributed by atoms with E-state index in [1.54, 1.807) is 11.3 Å². The third kappa shape index (κ3) is 3.15. The van der Waals surface area contributed by atoms with Gasteiger partial charge in [-0.1, -0.05) is 12.1 Å². The van der Waals surface area contributed by atoms with Gasteiger partial charge in [0, 0.05) is 19.4 Å². The molecule has 2 heterocycles. The summed E-state index contributed by atoms with van der Waals surface area (Å²) < 4.78 is 1.20. The molecule has 22 heavy (non-hydrogen) atoms. The van der Waals surface area contributed by atoms with E-state index in [1.165, 1.54) is 4.70 Å². The normalized spacial score (nSPS) is 17.8. The molecule has 4 heteroatoms. The zero-order valence-corrected chi connectivity index (χ0v) is 13.4. The Morgan fingerprint density at radius 3 is 3.09 bits per heavy atom. The van der Waals surface area contributed by atoms with Crippen LogP contribution in [0.25, 0.3) is 10.2 Å². The maximum atomic E-state index is 12.5. The largest absolute Gasteiger partial charge is 0.333 e. The lowest BCUT2D eigenvalue weighted by atomic mass is 10.1. The van der Waals surface area contributed by atoms with Crippen molar-refractivity contribution in [2.24, 2.45) is 0 Å². The van der Waals surface area contributed by atoms with E-state index < -0.39 is 0 Å². The molecule has 0 saturated carbocycles. The summed E-state index contributed by atoms with van der Waals surface area (Å²) in [6, 6.07) is 8.34. The van der Waals surface area contributed by atoms with E-state index in [0.717, 1.165) is 49.2 Å². The van der Waals surface area contributed by atoms with Crippen LogP contribution in [0.5, 0.6) is 0 Å². The van der Waals surface area contributed by atoms with Gasteiger partial charge in [0.1, 0.15) is 5.01 Å². The van der Waals surface area contributed by atoms with Crippen LogP contribution >= 0.6 is 11.3 Å². The van der Waals surface area contributed by atoms with Gasteiger partial charge >= 0.3 is 0 Å². The first-order chi connectivity index (χ1) is 10.8. The lowest BCUT2D eigenvalue weighted by Crippen LogP contribution is -2.30. The minimum absolute atomic E-state index is 0.164. The summed E-state index contributed by atoms with van der Waals surface area (Å²) in [6.45, 7) is 0.856. The number of hydrogen-bond donors (Lipinski definition) is 0. The summed E-state index contributed by atoms with van der Waals surface area (Å²) >= 11 is 1.72. The number of para-hydroxylation sites is 1. The molecule has 0 aliphatic carbocycles. The van der Waals surface area contributed by atoms with E-state index in [1.807, 2.05) is 23.1 Å². The van der Waals surface area contributed by atoms with Gasteiger partial charge in [0.25, 0.3) is 0 Å². The zero-order valence-electron chi connectivity index (χ0n) is 12.6. The number of carbonyl (C=O) groups is 1. The zero-order chi connectivity index (χ0) is 15.4. The number of nitrogens with zero attached hydrogens (tertiary/aromatic N) is 2. The second-order valence-corrected chi connectivity index (χ2v) is 6.74. The Hall–Kier alpha value is -1.86. The second-order valence-electron chi connectivity index (χ2n) is 5.68. The molecule has 1 aliphatic heterocycles. The van der Waals surface area contributed by atoms with Gasteiger partial charge in [0.2, 0.25) is 5.91 Å². The topological polar surface area (TPSA) is 33.2 Å². The fraction of sp³-hybridized carbons (Fsp3) is 0.444. The molecule has 3 rings (SSSR count). The molecule has 1 fully saturated rings. The predicted molar refractivity (Wildman–Crippen MR) is 90.6 cm³/mol. The van der Waals surface area contributed by atoms with E-state index in [9.17, 15) is 4.79 Å². The van der Waals surface area contributed by atoms with Gasteiger partial charge < -0.3 is 4.90 Å². The van der Waals surface area contributed by atoms with E-state index in [4.69, 9.17) is 11.4 Å². The van der Waals surface area contributed by atoms with Crippen molar-refractivity contribution in [1.29, 1.82) is 0 Å². The molecule has 1 saturated heterocycles. The van der Waals surface area contributed by atoms with Gasteiger partial charge in [-0.3, -0.25) is 4.79 Å². The molecule has 114 valence electrons. The van der Waals surface area contributed by atoms with E-state index >= 15 is 0 Å². The van der Waals surface area contributed by atoms with Crippen molar-refractivity contribution < 1.29 is 4.79 Å². The Balaban J connectivity index is 1.70. The molecular formula is C18H20N2OS. The van der Waals surface area contributed by atoms with E-state index in [2.05, 4.69) is 12.0 Å². The third-order valence-electron chi connectivity index (χ3n) is 4.13. The number of unbranched alkanes of at least 4 members (excludes halogenated alkanes) is 2. The number of amides is 1. The maximum Gasteiger partial charge on any atom is 0.223 e. The number of aromatic nitrogens is 1. The molecule has 1 aliphatic rings. The summed E-state index contributed by atoms with van der Waals surface area (Å²) in [6.07, 6.45) is 10.5. The highest BCUT2D eigenvalue weighted by atomic mass is 32.1. The summed E-state index contributed by atoms with van der Waals surface area (Å²) in [5.74, 6) is 2.88. The number of likely N-dealkylation sites (tertiary alicyclic amines) is 1. The predicted octanol–water partition coefficient (Wildman–Crippen LogP) is 4.15. The van der Waals surface area contributed by atoms with Crippen LogP contribution in [-0.2, 0) is 4.79 Å². The first kappa shape index (κ1) is 15.1. The molecule has 1 aromatic carbocycles. The first-order valence-electron chi connectivity index (χ1n) is 7.88. The molecular weight excluding hydrogens is 292 g/mol. The van der Waals surface area contributed by atoms with Crippen LogP contribution in [-0.4, -0.2) is 22.3 Å². The van der Waals surface area contributed by atoms with Crippen molar-refractivity contribution in [2.45, 2.75) is 44.6 Å². The van der Waals surface area contributed by atoms with Gasteiger partial charge in [0.15, 0.2) is 0 Å². The van der Waals surface area contributed by atoms with Gasteiger partial charge in [-0.05, 0) is 37.8 Å². The van der Waals surface area contributed by atoms with Crippen LogP contribution in [0.4, 0.5) is 0 Å². The summed E-state index contributed by atoms with van der Waals surface area (Å²) in [7, 11) is 0. The SMILES string of the molecule is C#CCCCCC(=O)N1CCCC1c1nc2ccccc2s1. The molecule has 0 bridgehead atoms. The fourth-order valence-corrected chi connectivity index (χ4v) is 4.12. The fourth-order valence-electron chi connectivity index (χ4n) is 3.00. The third-order valence-corrected chi connectivity index (χ3v) is 5.27. The Bertz CT molecular complexity index is 667. The van der Waals surface area contributed by atoms with Crippen LogP contribution in [0, 0.1) is 12.3 Å². The molecule has 0 radical (unpaired) electrons. The van der Waals surface area contributed by atoms with Gasteiger partial charge in [0.05, 0.1) is 16.3 Å². The number of rotatable bonds is 5. The molecule has 1 amide bonds. The van der Waals surface area contributed by atoms with Crippen molar-refractivity contribution in [3.8, 4) is 12.3 Å². The lowest BCUT2D eigenvalue weighted by Gasteiger charge is -2.23. The highest BCUT2D eigenvalue weighted by Crippen LogP contribution is 2.36. The molecule has 0 N–H and O–H groups in total. The van der Waals surface area contributed by atoms with Crippen molar-refractivity contribution >= 4 is 27.5 Å². The van der Waals surface area contributed by atoms with Crippen LogP contribution < -0.4 is 0 Å². The maximum absolute atomic E-state index is 12.5. The molecule has 3 nitrogen and oxygen atoms in total. The highest BCUT2D eigenvalue weighted by Gasteiger charge is 2.31. The van der Waals surface area contributed by atoms with E-state index in [-0.39, 0.29) is 11.9 Å². The molecule has 2 aromatic rings. The number of carbonyl (C=O) groups excluding carboxylic acids is 1. The van der Waals surface area contributed by atoms with Crippen molar-refractivity contribution in [1.82, 2.24) is 9.88 Å². The smallest absolute Gasteiger partial charge is 0.223 e. The van der Waals surface area contributed by atoms with E-state index in [0.29, 0.717) is 6.42 Å². The lowest BCUT2D eigenvalue weighted by molar-refractivity contribution is -0.132. The second kappa shape index (κ2) is 6.93. The molecule has 1 aromatic heterocycles. The van der Waals surface area contributed by atoms with Crippen LogP contribution in [0.15, 0.2) is 24.3 Å². The molecule has 1 atom stereocenters. The van der Waals surface area contributed by atoms with Crippen LogP contribution in [0.2, 0.25) is 0 Å². The van der Waals surface area contributed by atoms with Crippen LogP contribution in [0.3, 0.4) is 0 Å². The average molecular weight is 312 g/mol. The van der Waals surface area contributed by atoms with Crippen LogP contribution in [0.1, 0.15) is 49.6 Å². The van der Waals surface area contributed by atoms with Gasteiger partial charge in [-0.25, -0.2) is 4.98 Å². The number of fused-ring (bicyclic) bond motifs is 1. The van der Waals surface area contributed by atoms with Crippen molar-refractivity contribution in [3.05, 3.63) is 29.3 Å². The standard InChI is InChI=1S/C18H20N2OS/c1-2-3-4-5-12-17(21)20-13-8-10-15(20)18-19-14-9-6-7-11-16(14)22-18/h1,6-7,9,11,15H,3-5,8,10,12-13H2. The van der Waals surface area contributed by atoms with Crippen molar-refractivity contribution in [2.75, 3.05) is 6.54 Å².